The molecule has 0 heterocycles. The highest BCUT2D eigenvalue weighted by Gasteiger charge is 2.48. The molecule has 4 nitrogen and oxygen atoms in total. The number of hydrogen-bond acceptors (Lipinski definition) is 4. The SMILES string of the molecule is C1CCCCC1.CC1CC(C)(C)CC(OOC(C)(C)C)(OOC(C)(C)C)C1. The molecule has 0 aromatic heterocycles. The van der Waals surface area contributed by atoms with Gasteiger partial charge in [-0.25, -0.2) is 9.78 Å². The van der Waals surface area contributed by atoms with Gasteiger partial charge in [0.25, 0.3) is 0 Å². The van der Waals surface area contributed by atoms with E-state index in [4.69, 9.17) is 19.6 Å². The predicted molar refractivity (Wildman–Crippen MR) is 111 cm³/mol. The Bertz CT molecular complexity index is 384. The normalized spacial score (nSPS) is 25.4. The first-order chi connectivity index (χ1) is 12.2. The molecular weight excluding hydrogens is 340 g/mol. The quantitative estimate of drug-likeness (QED) is 0.287. The third kappa shape index (κ3) is 11.4. The molecule has 0 aliphatic heterocycles. The van der Waals surface area contributed by atoms with Crippen LogP contribution in [0.3, 0.4) is 0 Å². The van der Waals surface area contributed by atoms with Gasteiger partial charge >= 0.3 is 0 Å². The Kier molecular flexibility index (Phi) is 9.26. The highest BCUT2D eigenvalue weighted by atomic mass is 17.3. The van der Waals surface area contributed by atoms with E-state index in [9.17, 15) is 0 Å². The van der Waals surface area contributed by atoms with Crippen molar-refractivity contribution in [3.63, 3.8) is 0 Å². The Labute approximate surface area is 168 Å². The highest BCUT2D eigenvalue weighted by Crippen LogP contribution is 2.47. The second kappa shape index (κ2) is 10.0. The van der Waals surface area contributed by atoms with Crippen LogP contribution in [0.2, 0.25) is 0 Å². The summed E-state index contributed by atoms with van der Waals surface area (Å²) in [4.78, 5) is 22.7. The molecule has 0 aromatic carbocycles. The maximum absolute atomic E-state index is 5.79. The Morgan fingerprint density at radius 2 is 1.04 bits per heavy atom. The molecule has 27 heavy (non-hydrogen) atoms. The molecule has 0 spiro atoms. The van der Waals surface area contributed by atoms with Gasteiger partial charge in [0.15, 0.2) is 0 Å². The molecule has 162 valence electrons. The van der Waals surface area contributed by atoms with Crippen molar-refractivity contribution in [1.29, 1.82) is 0 Å². The molecular formula is C23H46O4. The first kappa shape index (κ1) is 24.9. The smallest absolute Gasteiger partial charge is 0.228 e. The van der Waals surface area contributed by atoms with E-state index in [0.29, 0.717) is 5.92 Å². The average Bonchev–Trinajstić information content (AvgIpc) is 2.50. The van der Waals surface area contributed by atoms with Gasteiger partial charge in [-0.3, -0.25) is 0 Å². The molecule has 1 atom stereocenters. The van der Waals surface area contributed by atoms with Gasteiger partial charge in [-0.1, -0.05) is 59.3 Å². The molecule has 0 saturated heterocycles. The molecule has 1 unspecified atom stereocenters. The summed E-state index contributed by atoms with van der Waals surface area (Å²) in [7, 11) is 0. The Hall–Kier alpha value is -0.160. The Balaban J connectivity index is 0.000000511. The second-order valence-electron chi connectivity index (χ2n) is 11.4. The van der Waals surface area contributed by atoms with Crippen molar-refractivity contribution in [1.82, 2.24) is 0 Å². The summed E-state index contributed by atoms with van der Waals surface area (Å²) in [5.41, 5.74) is -0.647. The molecule has 2 fully saturated rings. The first-order valence-electron chi connectivity index (χ1n) is 11.0. The van der Waals surface area contributed by atoms with Crippen molar-refractivity contribution in [2.75, 3.05) is 0 Å². The Morgan fingerprint density at radius 3 is 1.33 bits per heavy atom. The molecule has 2 saturated carbocycles. The summed E-state index contributed by atoms with van der Waals surface area (Å²) in [6.07, 6.45) is 11.7. The zero-order valence-corrected chi connectivity index (χ0v) is 19.6. The fourth-order valence-corrected chi connectivity index (χ4v) is 4.02. The minimum Gasteiger partial charge on any atom is -0.228 e. The van der Waals surface area contributed by atoms with Crippen molar-refractivity contribution >= 4 is 0 Å². The standard InChI is InChI=1S/C17H34O4.C6H12/c1-13-10-16(8,9)12-17(11-13,20-18-14(2,3)4)21-19-15(5,6)7;1-2-4-6-5-3-1/h13H,10-12H2,1-9H3;1-6H2. The fraction of sp³-hybridized carbons (Fsp3) is 1.00. The average molecular weight is 387 g/mol. The summed E-state index contributed by atoms with van der Waals surface area (Å²) >= 11 is 0. The van der Waals surface area contributed by atoms with E-state index in [1.165, 1.54) is 38.5 Å². The minimum absolute atomic E-state index is 0.125. The van der Waals surface area contributed by atoms with Gasteiger partial charge in [-0.2, -0.15) is 9.78 Å². The highest BCUT2D eigenvalue weighted by molar-refractivity contribution is 4.88. The lowest BCUT2D eigenvalue weighted by molar-refractivity contribution is -0.551. The van der Waals surface area contributed by atoms with Crippen LogP contribution in [0.5, 0.6) is 0 Å². The largest absolute Gasteiger partial charge is 0.234 e. The molecule has 4 heteroatoms. The lowest BCUT2D eigenvalue weighted by atomic mass is 9.70. The number of rotatable bonds is 4. The van der Waals surface area contributed by atoms with Crippen LogP contribution in [0, 0.1) is 11.3 Å². The summed E-state index contributed by atoms with van der Waals surface area (Å²) in [5.74, 6) is -0.359. The van der Waals surface area contributed by atoms with Gasteiger partial charge in [0.05, 0.1) is 11.2 Å². The third-order valence-electron chi connectivity index (χ3n) is 4.70. The molecule has 2 aliphatic carbocycles. The molecule has 0 amide bonds. The van der Waals surface area contributed by atoms with Crippen molar-refractivity contribution in [2.45, 2.75) is 137 Å². The van der Waals surface area contributed by atoms with E-state index in [0.717, 1.165) is 19.3 Å². The van der Waals surface area contributed by atoms with Gasteiger partial charge in [0.1, 0.15) is 0 Å². The summed E-state index contributed by atoms with van der Waals surface area (Å²) in [6, 6.07) is 0. The molecule has 2 rings (SSSR count). The van der Waals surface area contributed by atoms with Crippen molar-refractivity contribution in [3.05, 3.63) is 0 Å². The first-order valence-corrected chi connectivity index (χ1v) is 11.0. The van der Waals surface area contributed by atoms with Crippen LogP contribution in [-0.4, -0.2) is 17.0 Å². The topological polar surface area (TPSA) is 36.9 Å². The van der Waals surface area contributed by atoms with Crippen molar-refractivity contribution in [2.24, 2.45) is 11.3 Å². The molecule has 0 aromatic rings. The van der Waals surface area contributed by atoms with Gasteiger partial charge in [-0.05, 0) is 59.3 Å². The van der Waals surface area contributed by atoms with E-state index in [2.05, 4.69) is 20.8 Å². The zero-order valence-electron chi connectivity index (χ0n) is 19.6. The lowest BCUT2D eigenvalue weighted by Gasteiger charge is -2.46. The van der Waals surface area contributed by atoms with Crippen LogP contribution in [0.1, 0.15) is 120 Å². The van der Waals surface area contributed by atoms with Crippen LogP contribution < -0.4 is 0 Å². The fourth-order valence-electron chi connectivity index (χ4n) is 4.02. The predicted octanol–water partition coefficient (Wildman–Crippen LogP) is 7.36. The van der Waals surface area contributed by atoms with Crippen LogP contribution >= 0.6 is 0 Å². The van der Waals surface area contributed by atoms with Crippen molar-refractivity contribution in [3.8, 4) is 0 Å². The third-order valence-corrected chi connectivity index (χ3v) is 4.70. The van der Waals surface area contributed by atoms with Crippen LogP contribution in [0.15, 0.2) is 0 Å². The van der Waals surface area contributed by atoms with E-state index >= 15 is 0 Å². The van der Waals surface area contributed by atoms with Crippen LogP contribution in [-0.2, 0) is 19.6 Å². The van der Waals surface area contributed by atoms with E-state index < -0.39 is 5.79 Å². The van der Waals surface area contributed by atoms with E-state index in [1.54, 1.807) is 0 Å². The summed E-state index contributed by atoms with van der Waals surface area (Å²) in [5, 5.41) is 0. The lowest BCUT2D eigenvalue weighted by Crippen LogP contribution is -2.48. The summed E-state index contributed by atoms with van der Waals surface area (Å²) < 4.78 is 0. The summed E-state index contributed by atoms with van der Waals surface area (Å²) in [6.45, 7) is 18.5. The van der Waals surface area contributed by atoms with E-state index in [-0.39, 0.29) is 16.6 Å². The Morgan fingerprint density at radius 1 is 0.667 bits per heavy atom. The molecule has 0 N–H and O–H groups in total. The van der Waals surface area contributed by atoms with Gasteiger partial charge in [0.2, 0.25) is 5.79 Å². The minimum atomic E-state index is -0.846. The molecule has 0 bridgehead atoms. The van der Waals surface area contributed by atoms with Gasteiger partial charge < -0.3 is 0 Å². The van der Waals surface area contributed by atoms with Gasteiger partial charge in [0, 0.05) is 12.8 Å². The second-order valence-corrected chi connectivity index (χ2v) is 11.4. The monoisotopic (exact) mass is 386 g/mol. The van der Waals surface area contributed by atoms with E-state index in [1.807, 2.05) is 41.5 Å². The van der Waals surface area contributed by atoms with Crippen LogP contribution in [0.4, 0.5) is 0 Å². The number of hydrogen-bond donors (Lipinski definition) is 0. The molecule has 2 aliphatic rings. The zero-order chi connectivity index (χ0) is 20.8. The molecule has 0 radical (unpaired) electrons. The van der Waals surface area contributed by atoms with Gasteiger partial charge in [-0.15, -0.1) is 0 Å². The maximum Gasteiger partial charge on any atom is 0.234 e. The van der Waals surface area contributed by atoms with Crippen LogP contribution in [0.25, 0.3) is 0 Å². The maximum atomic E-state index is 5.79. The van der Waals surface area contributed by atoms with Crippen molar-refractivity contribution < 1.29 is 19.6 Å².